The summed E-state index contributed by atoms with van der Waals surface area (Å²) in [4.78, 5) is 22.3. The number of hydrogen-bond acceptors (Lipinski definition) is 9. The van der Waals surface area contributed by atoms with E-state index in [9.17, 15) is 15.0 Å². The minimum Gasteiger partial charge on any atom is -0.490 e. The second-order valence-electron chi connectivity index (χ2n) is 14.7. The van der Waals surface area contributed by atoms with Gasteiger partial charge >= 0.3 is 6.03 Å². The number of rotatable bonds is 21. The first kappa shape index (κ1) is 40.8. The number of aliphatic hydroxyl groups excluding tert-OH is 2. The maximum atomic E-state index is 14.2. The van der Waals surface area contributed by atoms with E-state index in [2.05, 4.69) is 37.5 Å². The van der Waals surface area contributed by atoms with Gasteiger partial charge in [-0.2, -0.15) is 0 Å². The van der Waals surface area contributed by atoms with E-state index in [0.29, 0.717) is 51.3 Å². The van der Waals surface area contributed by atoms with E-state index in [1.807, 2.05) is 24.0 Å². The summed E-state index contributed by atoms with van der Waals surface area (Å²) in [5.74, 6) is -0.0743. The van der Waals surface area contributed by atoms with Crippen LogP contribution >= 0.6 is 0 Å². The average Bonchev–Trinajstić information content (AvgIpc) is 3.18. The normalized spacial score (nSPS) is 28.2. The van der Waals surface area contributed by atoms with E-state index in [4.69, 9.17) is 28.9 Å². The fraction of sp³-hybridized carbons (Fsp3) is 0.667. The molecular formula is C42H63N3O8. The standard InChI is InChI=1S/C42H63N3O8/c1-5-20-43-41(48)45(21-6-2)37-29-35(44-53-38-17-11-14-26-50-38)33-27-30(15-9-12-22-46)32(16-10-13-23-47)39-34-28-31(49-24-7-3)18-19-36(34)52-42(37,40(33)39)51-25-8-4/h7-8,18-19,27-28,30,32,37-40,46-47H,3-6,9-17,20-26,29H2,1-2H3,(H,43,48)/t30-,32+,37-,38?,39+,40+,42+/m0/s1. The molecule has 1 saturated carbocycles. The molecule has 0 radical (unpaired) electrons. The number of benzene rings is 1. The molecule has 11 nitrogen and oxygen atoms in total. The Morgan fingerprint density at radius 1 is 1.08 bits per heavy atom. The number of urea groups is 1. The Kier molecular flexibility index (Phi) is 15.7. The molecule has 1 saturated heterocycles. The molecule has 1 aromatic carbocycles. The topological polar surface area (TPSA) is 131 Å². The lowest BCUT2D eigenvalue weighted by Gasteiger charge is -2.60. The lowest BCUT2D eigenvalue weighted by molar-refractivity contribution is -0.254. The van der Waals surface area contributed by atoms with Crippen molar-refractivity contribution in [3.05, 3.63) is 60.7 Å². The van der Waals surface area contributed by atoms with Crippen LogP contribution in [-0.2, 0) is 14.3 Å². The van der Waals surface area contributed by atoms with Crippen LogP contribution in [0.2, 0.25) is 0 Å². The number of fused-ring (bicyclic) bond motifs is 2. The Morgan fingerprint density at radius 3 is 2.57 bits per heavy atom. The molecule has 7 atom stereocenters. The molecule has 3 N–H and O–H groups in total. The van der Waals surface area contributed by atoms with Crippen molar-refractivity contribution >= 4 is 11.7 Å². The molecule has 53 heavy (non-hydrogen) atoms. The lowest BCUT2D eigenvalue weighted by Crippen LogP contribution is -2.70. The highest BCUT2D eigenvalue weighted by molar-refractivity contribution is 6.03. The van der Waals surface area contributed by atoms with Crippen molar-refractivity contribution in [3.63, 3.8) is 0 Å². The zero-order valence-electron chi connectivity index (χ0n) is 32.0. The van der Waals surface area contributed by atoms with Gasteiger partial charge in [-0.25, -0.2) is 4.79 Å². The summed E-state index contributed by atoms with van der Waals surface area (Å²) in [5, 5.41) is 27.7. The summed E-state index contributed by atoms with van der Waals surface area (Å²) in [6.45, 7) is 14.5. The number of carbonyl (C=O) groups excluding carboxylic acids is 1. The predicted molar refractivity (Wildman–Crippen MR) is 206 cm³/mol. The number of ether oxygens (including phenoxy) is 4. The first-order valence-corrected chi connectivity index (χ1v) is 20.1. The van der Waals surface area contributed by atoms with Crippen LogP contribution in [-0.4, -0.2) is 91.1 Å². The van der Waals surface area contributed by atoms with Crippen molar-refractivity contribution < 1.29 is 38.8 Å². The van der Waals surface area contributed by atoms with Gasteiger partial charge in [0.1, 0.15) is 24.1 Å². The van der Waals surface area contributed by atoms with Crippen molar-refractivity contribution in [2.75, 3.05) is 46.1 Å². The molecule has 0 spiro atoms. The number of allylic oxidation sites excluding steroid dienone is 1. The Labute approximate surface area is 316 Å². The summed E-state index contributed by atoms with van der Waals surface area (Å²) in [7, 11) is 0. The molecule has 2 fully saturated rings. The van der Waals surface area contributed by atoms with Gasteiger partial charge in [0.15, 0.2) is 0 Å². The van der Waals surface area contributed by atoms with Crippen LogP contribution in [0, 0.1) is 17.8 Å². The van der Waals surface area contributed by atoms with Gasteiger partial charge in [0.2, 0.25) is 12.1 Å². The second kappa shape index (κ2) is 20.3. The van der Waals surface area contributed by atoms with Gasteiger partial charge < -0.3 is 44.2 Å². The van der Waals surface area contributed by atoms with Crippen LogP contribution in [0.5, 0.6) is 11.5 Å². The molecule has 294 valence electrons. The van der Waals surface area contributed by atoms with E-state index in [0.717, 1.165) is 80.4 Å². The van der Waals surface area contributed by atoms with Crippen molar-refractivity contribution in [2.45, 2.75) is 115 Å². The molecule has 0 aromatic heterocycles. The second-order valence-corrected chi connectivity index (χ2v) is 14.7. The monoisotopic (exact) mass is 737 g/mol. The Balaban J connectivity index is 1.76. The van der Waals surface area contributed by atoms with Crippen LogP contribution in [0.15, 0.2) is 60.3 Å². The van der Waals surface area contributed by atoms with E-state index >= 15 is 0 Å². The Hall–Kier alpha value is -3.38. The molecular weight excluding hydrogens is 674 g/mol. The predicted octanol–water partition coefficient (Wildman–Crippen LogP) is 7.24. The van der Waals surface area contributed by atoms with E-state index < -0.39 is 18.1 Å². The zero-order valence-corrected chi connectivity index (χ0v) is 32.0. The van der Waals surface area contributed by atoms with Crippen LogP contribution in [0.1, 0.15) is 102 Å². The Bertz CT molecular complexity index is 1410. The molecule has 2 aliphatic carbocycles. The van der Waals surface area contributed by atoms with Crippen molar-refractivity contribution in [1.29, 1.82) is 0 Å². The maximum Gasteiger partial charge on any atom is 0.317 e. The number of nitrogens with zero attached hydrogens (tertiary/aromatic N) is 2. The van der Waals surface area contributed by atoms with Gasteiger partial charge in [0, 0.05) is 50.6 Å². The average molecular weight is 738 g/mol. The molecule has 0 bridgehead atoms. The van der Waals surface area contributed by atoms with Gasteiger partial charge in [-0.3, -0.25) is 0 Å². The Morgan fingerprint density at radius 2 is 1.87 bits per heavy atom. The number of oxime groups is 1. The molecule has 1 aromatic rings. The number of aliphatic hydroxyl groups is 2. The van der Waals surface area contributed by atoms with Crippen LogP contribution in [0.4, 0.5) is 4.79 Å². The van der Waals surface area contributed by atoms with E-state index in [1.54, 1.807) is 12.2 Å². The summed E-state index contributed by atoms with van der Waals surface area (Å²) in [6.07, 6.45) is 14.9. The van der Waals surface area contributed by atoms with Crippen LogP contribution in [0.3, 0.4) is 0 Å². The molecule has 11 heteroatoms. The minimum atomic E-state index is -1.29. The molecule has 2 heterocycles. The number of unbranched alkanes of at least 4 members (excludes halogenated alkanes) is 2. The number of hydrogen-bond donors (Lipinski definition) is 3. The first-order valence-electron chi connectivity index (χ1n) is 20.1. The molecule has 2 aliphatic heterocycles. The lowest BCUT2D eigenvalue weighted by atomic mass is 9.55. The summed E-state index contributed by atoms with van der Waals surface area (Å²) in [6, 6.07) is 5.26. The van der Waals surface area contributed by atoms with E-state index in [-0.39, 0.29) is 49.5 Å². The van der Waals surface area contributed by atoms with Crippen molar-refractivity contribution in [2.24, 2.45) is 22.9 Å². The molecule has 4 aliphatic rings. The van der Waals surface area contributed by atoms with Crippen molar-refractivity contribution in [1.82, 2.24) is 10.2 Å². The molecule has 5 rings (SSSR count). The highest BCUT2D eigenvalue weighted by atomic mass is 16.8. The quantitative estimate of drug-likeness (QED) is 0.0684. The SMILES string of the molecule is C=CCOc1ccc2c(c1)[C@H]1[C@H](CCCCO)[C@@H](CCCCO)C=C3C(=NOC4CCCCO4)C[C@H](N(CCC)C(=O)NCCC)[C@@](OCC=C)(O2)[C@H]31. The summed E-state index contributed by atoms with van der Waals surface area (Å²) < 4.78 is 26.3. The van der Waals surface area contributed by atoms with Crippen LogP contribution < -0.4 is 14.8 Å². The fourth-order valence-corrected chi connectivity index (χ4v) is 8.78. The van der Waals surface area contributed by atoms with Gasteiger partial charge in [-0.05, 0) is 87.0 Å². The number of nitrogens with one attached hydrogen (secondary N) is 1. The zero-order chi connectivity index (χ0) is 37.6. The van der Waals surface area contributed by atoms with Crippen molar-refractivity contribution in [3.8, 4) is 11.5 Å². The highest BCUT2D eigenvalue weighted by Gasteiger charge is 2.65. The van der Waals surface area contributed by atoms with Gasteiger partial charge in [-0.1, -0.05) is 56.7 Å². The minimum absolute atomic E-state index is 0.116. The van der Waals surface area contributed by atoms with Crippen LogP contribution in [0.25, 0.3) is 0 Å². The maximum absolute atomic E-state index is 14.2. The van der Waals surface area contributed by atoms with Gasteiger partial charge in [0.25, 0.3) is 0 Å². The number of carbonyl (C=O) groups is 1. The third kappa shape index (κ3) is 9.47. The summed E-state index contributed by atoms with van der Waals surface area (Å²) >= 11 is 0. The van der Waals surface area contributed by atoms with Gasteiger partial charge in [0.05, 0.1) is 24.8 Å². The van der Waals surface area contributed by atoms with E-state index in [1.165, 1.54) is 0 Å². The van der Waals surface area contributed by atoms with Gasteiger partial charge in [-0.15, -0.1) is 6.58 Å². The first-order chi connectivity index (χ1) is 26.0. The third-order valence-corrected chi connectivity index (χ3v) is 11.1. The largest absolute Gasteiger partial charge is 0.490 e. The molecule has 2 amide bonds. The highest BCUT2D eigenvalue weighted by Crippen LogP contribution is 2.62. The fourth-order valence-electron chi connectivity index (χ4n) is 8.78. The smallest absolute Gasteiger partial charge is 0.317 e. The third-order valence-electron chi connectivity index (χ3n) is 11.1. The molecule has 1 unspecified atom stereocenters. The summed E-state index contributed by atoms with van der Waals surface area (Å²) in [5.41, 5.74) is 2.80. The number of amides is 2.